The van der Waals surface area contributed by atoms with Crippen LogP contribution in [0.15, 0.2) is 29.3 Å². The number of rotatable bonds is 2. The highest BCUT2D eigenvalue weighted by Crippen LogP contribution is 2.28. The molecule has 4 N–H and O–H groups in total. The summed E-state index contributed by atoms with van der Waals surface area (Å²) in [4.78, 5) is 3.21. The Bertz CT molecular complexity index is 730. The zero-order valence-corrected chi connectivity index (χ0v) is 11.7. The van der Waals surface area contributed by atoms with Gasteiger partial charge in [-0.3, -0.25) is 0 Å². The van der Waals surface area contributed by atoms with Crippen LogP contribution in [-0.2, 0) is 10.0 Å². The van der Waals surface area contributed by atoms with E-state index in [0.29, 0.717) is 37.0 Å². The van der Waals surface area contributed by atoms with Gasteiger partial charge in [-0.15, -0.1) is 0 Å². The van der Waals surface area contributed by atoms with Crippen LogP contribution < -0.4 is 5.73 Å². The molecule has 108 valence electrons. The Morgan fingerprint density at radius 3 is 2.70 bits per heavy atom. The molecule has 0 saturated carbocycles. The van der Waals surface area contributed by atoms with Gasteiger partial charge in [0.25, 0.3) is 0 Å². The predicted octanol–water partition coefficient (Wildman–Crippen LogP) is 0.895. The van der Waals surface area contributed by atoms with E-state index in [0.717, 1.165) is 5.52 Å². The first-order valence-corrected chi connectivity index (χ1v) is 7.97. The van der Waals surface area contributed by atoms with E-state index in [1.54, 1.807) is 18.2 Å². The van der Waals surface area contributed by atoms with Crippen LogP contribution in [0.1, 0.15) is 12.8 Å². The summed E-state index contributed by atoms with van der Waals surface area (Å²) in [5, 5.41) is 10.1. The SMILES string of the molecule is Nc1ccc2[nH]cc(S(=O)(=O)N3CCC(O)CC3)c2c1. The number of H-pyrrole nitrogens is 1. The molecule has 0 bridgehead atoms. The zero-order valence-electron chi connectivity index (χ0n) is 10.9. The topological polar surface area (TPSA) is 99.4 Å². The first kappa shape index (κ1) is 13.4. The van der Waals surface area contributed by atoms with E-state index in [4.69, 9.17) is 5.73 Å². The molecule has 0 amide bonds. The number of hydrogen-bond donors (Lipinski definition) is 3. The lowest BCUT2D eigenvalue weighted by atomic mass is 10.1. The number of aliphatic hydroxyl groups is 1. The van der Waals surface area contributed by atoms with Crippen molar-refractivity contribution in [2.24, 2.45) is 0 Å². The second-order valence-corrected chi connectivity index (χ2v) is 7.00. The first-order valence-electron chi connectivity index (χ1n) is 6.53. The highest BCUT2D eigenvalue weighted by atomic mass is 32.2. The molecule has 0 unspecified atom stereocenters. The van der Waals surface area contributed by atoms with Crippen LogP contribution in [0.5, 0.6) is 0 Å². The Balaban J connectivity index is 2.03. The van der Waals surface area contributed by atoms with E-state index >= 15 is 0 Å². The normalized spacial score (nSPS) is 18.6. The van der Waals surface area contributed by atoms with Gasteiger partial charge in [-0.25, -0.2) is 8.42 Å². The van der Waals surface area contributed by atoms with Gasteiger partial charge in [0.2, 0.25) is 10.0 Å². The first-order chi connectivity index (χ1) is 9.48. The number of aliphatic hydroxyl groups excluding tert-OH is 1. The monoisotopic (exact) mass is 295 g/mol. The average molecular weight is 295 g/mol. The molecule has 1 aromatic heterocycles. The van der Waals surface area contributed by atoms with Gasteiger partial charge >= 0.3 is 0 Å². The summed E-state index contributed by atoms with van der Waals surface area (Å²) >= 11 is 0. The van der Waals surface area contributed by atoms with Crippen LogP contribution in [0.3, 0.4) is 0 Å². The summed E-state index contributed by atoms with van der Waals surface area (Å²) in [5.41, 5.74) is 7.01. The van der Waals surface area contributed by atoms with Crippen LogP contribution in [0.25, 0.3) is 10.9 Å². The Hall–Kier alpha value is -1.57. The van der Waals surface area contributed by atoms with Crippen molar-refractivity contribution in [3.8, 4) is 0 Å². The Morgan fingerprint density at radius 1 is 1.30 bits per heavy atom. The number of fused-ring (bicyclic) bond motifs is 1. The molecular weight excluding hydrogens is 278 g/mol. The van der Waals surface area contributed by atoms with E-state index < -0.39 is 16.1 Å². The van der Waals surface area contributed by atoms with Crippen molar-refractivity contribution in [1.82, 2.24) is 9.29 Å². The van der Waals surface area contributed by atoms with Gasteiger partial charge < -0.3 is 15.8 Å². The van der Waals surface area contributed by atoms with Gasteiger partial charge in [-0.1, -0.05) is 0 Å². The molecule has 0 atom stereocenters. The number of aromatic amines is 1. The number of hydrogen-bond acceptors (Lipinski definition) is 4. The van der Waals surface area contributed by atoms with E-state index in [9.17, 15) is 13.5 Å². The number of nitrogen functional groups attached to an aromatic ring is 1. The molecule has 3 rings (SSSR count). The molecule has 0 aliphatic carbocycles. The molecular formula is C13H17N3O3S. The number of piperidine rings is 1. The fraction of sp³-hybridized carbons (Fsp3) is 0.385. The van der Waals surface area contributed by atoms with Crippen molar-refractivity contribution >= 4 is 26.6 Å². The number of benzene rings is 1. The number of aromatic nitrogens is 1. The lowest BCUT2D eigenvalue weighted by Gasteiger charge is -2.28. The lowest BCUT2D eigenvalue weighted by Crippen LogP contribution is -2.39. The van der Waals surface area contributed by atoms with E-state index in [1.165, 1.54) is 10.5 Å². The zero-order chi connectivity index (χ0) is 14.3. The second kappa shape index (κ2) is 4.76. The summed E-state index contributed by atoms with van der Waals surface area (Å²) in [6.07, 6.45) is 2.05. The molecule has 6 nitrogen and oxygen atoms in total. The van der Waals surface area contributed by atoms with Crippen molar-refractivity contribution < 1.29 is 13.5 Å². The molecule has 1 aliphatic heterocycles. The van der Waals surface area contributed by atoms with Crippen molar-refractivity contribution in [3.63, 3.8) is 0 Å². The van der Waals surface area contributed by atoms with Crippen LogP contribution in [0, 0.1) is 0 Å². The van der Waals surface area contributed by atoms with Crippen molar-refractivity contribution in [1.29, 1.82) is 0 Å². The van der Waals surface area contributed by atoms with Gasteiger partial charge in [-0.05, 0) is 31.0 Å². The molecule has 20 heavy (non-hydrogen) atoms. The van der Waals surface area contributed by atoms with Crippen molar-refractivity contribution in [3.05, 3.63) is 24.4 Å². The predicted molar refractivity (Wildman–Crippen MR) is 76.7 cm³/mol. The average Bonchev–Trinajstić information content (AvgIpc) is 2.82. The minimum absolute atomic E-state index is 0.246. The minimum atomic E-state index is -3.55. The van der Waals surface area contributed by atoms with Crippen LogP contribution >= 0.6 is 0 Å². The maximum absolute atomic E-state index is 12.7. The summed E-state index contributed by atoms with van der Waals surface area (Å²) in [6, 6.07) is 5.16. The molecule has 1 aromatic carbocycles. The van der Waals surface area contributed by atoms with Crippen molar-refractivity contribution in [2.45, 2.75) is 23.8 Å². The Kier molecular flexibility index (Phi) is 3.19. The molecule has 0 radical (unpaired) electrons. The maximum atomic E-state index is 12.7. The number of nitrogens with two attached hydrogens (primary N) is 1. The largest absolute Gasteiger partial charge is 0.399 e. The molecule has 1 fully saturated rings. The number of nitrogens with one attached hydrogen (secondary N) is 1. The molecule has 2 aromatic rings. The second-order valence-electron chi connectivity index (χ2n) is 5.09. The highest BCUT2D eigenvalue weighted by Gasteiger charge is 2.30. The smallest absolute Gasteiger partial charge is 0.245 e. The fourth-order valence-corrected chi connectivity index (χ4v) is 4.17. The Morgan fingerprint density at radius 2 is 2.00 bits per heavy atom. The summed E-state index contributed by atoms with van der Waals surface area (Å²) in [6.45, 7) is 0.691. The number of anilines is 1. The lowest BCUT2D eigenvalue weighted by molar-refractivity contribution is 0.113. The standard InChI is InChI=1S/C13H17N3O3S/c14-9-1-2-12-11(7-9)13(8-15-12)20(18,19)16-5-3-10(17)4-6-16/h1-2,7-8,10,15,17H,3-6,14H2. The Labute approximate surface area is 117 Å². The molecule has 2 heterocycles. The quantitative estimate of drug-likeness (QED) is 0.717. The van der Waals surface area contributed by atoms with Crippen LogP contribution in [0.4, 0.5) is 5.69 Å². The number of sulfonamides is 1. The molecule has 1 aliphatic rings. The minimum Gasteiger partial charge on any atom is -0.399 e. The maximum Gasteiger partial charge on any atom is 0.245 e. The molecule has 7 heteroatoms. The van der Waals surface area contributed by atoms with Gasteiger partial charge in [0.05, 0.1) is 6.10 Å². The third-order valence-electron chi connectivity index (χ3n) is 3.71. The van der Waals surface area contributed by atoms with Gasteiger partial charge in [0.15, 0.2) is 0 Å². The van der Waals surface area contributed by atoms with Crippen LogP contribution in [-0.4, -0.2) is 42.0 Å². The van der Waals surface area contributed by atoms with Gasteiger partial charge in [0, 0.05) is 35.9 Å². The summed E-state index contributed by atoms with van der Waals surface area (Å²) < 4.78 is 26.7. The molecule has 1 saturated heterocycles. The summed E-state index contributed by atoms with van der Waals surface area (Å²) in [5.74, 6) is 0. The third-order valence-corrected chi connectivity index (χ3v) is 5.65. The van der Waals surface area contributed by atoms with E-state index in [-0.39, 0.29) is 4.90 Å². The van der Waals surface area contributed by atoms with Crippen molar-refractivity contribution in [2.75, 3.05) is 18.8 Å². The highest BCUT2D eigenvalue weighted by molar-refractivity contribution is 7.89. The van der Waals surface area contributed by atoms with Crippen LogP contribution in [0.2, 0.25) is 0 Å². The van der Waals surface area contributed by atoms with E-state index in [1.807, 2.05) is 0 Å². The third kappa shape index (κ3) is 2.17. The van der Waals surface area contributed by atoms with E-state index in [2.05, 4.69) is 4.98 Å². The molecule has 0 spiro atoms. The van der Waals surface area contributed by atoms with Gasteiger partial charge in [-0.2, -0.15) is 4.31 Å². The number of nitrogens with zero attached hydrogens (tertiary/aromatic N) is 1. The summed E-state index contributed by atoms with van der Waals surface area (Å²) in [7, 11) is -3.55. The fourth-order valence-electron chi connectivity index (χ4n) is 2.55. The van der Waals surface area contributed by atoms with Gasteiger partial charge in [0.1, 0.15) is 4.90 Å².